The molecule has 0 amide bonds. The molecule has 0 radical (unpaired) electrons. The predicted octanol–water partition coefficient (Wildman–Crippen LogP) is 3.91. The van der Waals surface area contributed by atoms with Crippen LogP contribution < -0.4 is 10.1 Å². The van der Waals surface area contributed by atoms with Crippen LogP contribution in [0.2, 0.25) is 10.0 Å². The second kappa shape index (κ2) is 9.43. The van der Waals surface area contributed by atoms with E-state index < -0.39 is 0 Å². The van der Waals surface area contributed by atoms with E-state index in [1.165, 1.54) is 0 Å². The maximum absolute atomic E-state index is 6.18. The molecule has 0 bridgehead atoms. The number of nitrogens with one attached hydrogen (secondary N) is 1. The monoisotopic (exact) mass is 305 g/mol. The van der Waals surface area contributed by atoms with Crippen molar-refractivity contribution in [1.82, 2.24) is 5.32 Å². The Morgan fingerprint density at radius 1 is 1.16 bits per heavy atom. The molecule has 19 heavy (non-hydrogen) atoms. The average molecular weight is 306 g/mol. The van der Waals surface area contributed by atoms with E-state index in [1.54, 1.807) is 7.11 Å². The summed E-state index contributed by atoms with van der Waals surface area (Å²) >= 11 is 12.4. The molecule has 0 spiro atoms. The lowest BCUT2D eigenvalue weighted by molar-refractivity contribution is 0.194. The maximum Gasteiger partial charge on any atom is 0.156 e. The molecule has 0 atom stereocenters. The quantitative estimate of drug-likeness (QED) is 0.702. The van der Waals surface area contributed by atoms with E-state index in [2.05, 4.69) is 5.32 Å². The van der Waals surface area contributed by atoms with Gasteiger partial charge in [-0.1, -0.05) is 30.1 Å². The van der Waals surface area contributed by atoms with Crippen LogP contribution in [0.3, 0.4) is 0 Å². The minimum Gasteiger partial charge on any atom is -0.490 e. The molecule has 3 nitrogen and oxygen atoms in total. The highest BCUT2D eigenvalue weighted by Gasteiger charge is 2.09. The number of methoxy groups -OCH3 is 1. The first kappa shape index (κ1) is 16.6. The van der Waals surface area contributed by atoms with E-state index in [0.29, 0.717) is 22.4 Å². The number of rotatable bonds is 9. The Bertz CT molecular complexity index is 363. The van der Waals surface area contributed by atoms with Crippen LogP contribution in [0, 0.1) is 0 Å². The molecular formula is C14H21Cl2NO2. The fourth-order valence-corrected chi connectivity index (χ4v) is 2.27. The molecule has 0 saturated carbocycles. The van der Waals surface area contributed by atoms with Gasteiger partial charge in [-0.05, 0) is 37.1 Å². The maximum atomic E-state index is 6.18. The van der Waals surface area contributed by atoms with E-state index in [-0.39, 0.29) is 0 Å². The van der Waals surface area contributed by atoms with Gasteiger partial charge < -0.3 is 14.8 Å². The van der Waals surface area contributed by atoms with Crippen molar-refractivity contribution in [1.29, 1.82) is 0 Å². The van der Waals surface area contributed by atoms with E-state index >= 15 is 0 Å². The summed E-state index contributed by atoms with van der Waals surface area (Å²) in [5.41, 5.74) is 1.05. The van der Waals surface area contributed by atoms with Crippen LogP contribution in [0.4, 0.5) is 0 Å². The van der Waals surface area contributed by atoms with Crippen LogP contribution in [0.15, 0.2) is 12.1 Å². The van der Waals surface area contributed by atoms with Crippen LogP contribution in [-0.2, 0) is 11.3 Å². The van der Waals surface area contributed by atoms with E-state index in [9.17, 15) is 0 Å². The van der Waals surface area contributed by atoms with Gasteiger partial charge in [0.25, 0.3) is 0 Å². The minimum absolute atomic E-state index is 0.564. The van der Waals surface area contributed by atoms with Gasteiger partial charge in [0.05, 0.1) is 16.7 Å². The topological polar surface area (TPSA) is 30.5 Å². The van der Waals surface area contributed by atoms with E-state index in [4.69, 9.17) is 32.7 Å². The second-order valence-corrected chi connectivity index (χ2v) is 5.07. The number of benzene rings is 1. The molecule has 0 heterocycles. The summed E-state index contributed by atoms with van der Waals surface area (Å²) < 4.78 is 10.5. The third-order valence-corrected chi connectivity index (χ3v) is 3.10. The molecular weight excluding hydrogens is 285 g/mol. The zero-order chi connectivity index (χ0) is 14.1. The highest BCUT2D eigenvalue weighted by molar-refractivity contribution is 6.37. The second-order valence-electron chi connectivity index (χ2n) is 4.26. The van der Waals surface area contributed by atoms with Gasteiger partial charge in [0.15, 0.2) is 5.75 Å². The van der Waals surface area contributed by atoms with Crippen molar-refractivity contribution in [2.75, 3.05) is 26.9 Å². The van der Waals surface area contributed by atoms with Crippen LogP contribution in [0.5, 0.6) is 5.75 Å². The first-order valence-electron chi connectivity index (χ1n) is 6.49. The van der Waals surface area contributed by atoms with Gasteiger partial charge in [-0.15, -0.1) is 0 Å². The van der Waals surface area contributed by atoms with Gasteiger partial charge in [0, 0.05) is 20.3 Å². The lowest BCUT2D eigenvalue weighted by Crippen LogP contribution is -2.16. The largest absolute Gasteiger partial charge is 0.490 e. The van der Waals surface area contributed by atoms with Gasteiger partial charge in [0.2, 0.25) is 0 Å². The predicted molar refractivity (Wildman–Crippen MR) is 80.4 cm³/mol. The molecule has 0 aliphatic rings. The highest BCUT2D eigenvalue weighted by Crippen LogP contribution is 2.34. The highest BCUT2D eigenvalue weighted by atomic mass is 35.5. The lowest BCUT2D eigenvalue weighted by Gasteiger charge is -2.11. The van der Waals surface area contributed by atoms with Crippen molar-refractivity contribution in [3.05, 3.63) is 27.7 Å². The molecule has 0 fully saturated rings. The molecule has 0 aromatic heterocycles. The van der Waals surface area contributed by atoms with Crippen LogP contribution in [-0.4, -0.2) is 26.9 Å². The molecule has 5 heteroatoms. The van der Waals surface area contributed by atoms with Crippen LogP contribution in [0.1, 0.15) is 25.3 Å². The van der Waals surface area contributed by atoms with Crippen molar-refractivity contribution < 1.29 is 9.47 Å². The van der Waals surface area contributed by atoms with Crippen LogP contribution in [0.25, 0.3) is 0 Å². The van der Waals surface area contributed by atoms with Gasteiger partial charge in [-0.2, -0.15) is 0 Å². The molecule has 108 valence electrons. The van der Waals surface area contributed by atoms with Crippen molar-refractivity contribution in [2.24, 2.45) is 0 Å². The summed E-state index contributed by atoms with van der Waals surface area (Å²) in [6.45, 7) is 5.06. The van der Waals surface area contributed by atoms with Gasteiger partial charge in [0.1, 0.15) is 0 Å². The van der Waals surface area contributed by atoms with Gasteiger partial charge in [-0.3, -0.25) is 0 Å². The normalized spacial score (nSPS) is 10.7. The van der Waals surface area contributed by atoms with Crippen molar-refractivity contribution in [3.63, 3.8) is 0 Å². The SMILES string of the molecule is CCCOc1c(Cl)cc(CNCCCOC)cc1Cl. The van der Waals surface area contributed by atoms with Crippen molar-refractivity contribution in [2.45, 2.75) is 26.3 Å². The molecule has 0 aliphatic heterocycles. The summed E-state index contributed by atoms with van der Waals surface area (Å²) in [5, 5.41) is 4.44. The number of halogens is 2. The van der Waals surface area contributed by atoms with E-state index in [1.807, 2.05) is 19.1 Å². The smallest absolute Gasteiger partial charge is 0.156 e. The summed E-state index contributed by atoms with van der Waals surface area (Å²) in [6.07, 6.45) is 1.91. The Hall–Kier alpha value is -0.480. The first-order chi connectivity index (χ1) is 9.19. The molecule has 1 N–H and O–H groups in total. The Kier molecular flexibility index (Phi) is 8.22. The van der Waals surface area contributed by atoms with Crippen molar-refractivity contribution in [3.8, 4) is 5.75 Å². The summed E-state index contributed by atoms with van der Waals surface area (Å²) in [5.74, 6) is 0.577. The Labute approximate surface area is 125 Å². The zero-order valence-corrected chi connectivity index (χ0v) is 13.0. The molecule has 0 saturated heterocycles. The molecule has 1 aromatic carbocycles. The number of ether oxygens (including phenoxy) is 2. The number of hydrogen-bond donors (Lipinski definition) is 1. The summed E-state index contributed by atoms with van der Waals surface area (Å²) in [6, 6.07) is 3.78. The average Bonchev–Trinajstić information content (AvgIpc) is 2.38. The molecule has 0 unspecified atom stereocenters. The molecule has 1 aromatic rings. The van der Waals surface area contributed by atoms with Gasteiger partial charge >= 0.3 is 0 Å². The van der Waals surface area contributed by atoms with Gasteiger partial charge in [-0.25, -0.2) is 0 Å². The summed E-state index contributed by atoms with van der Waals surface area (Å²) in [7, 11) is 1.70. The summed E-state index contributed by atoms with van der Waals surface area (Å²) in [4.78, 5) is 0. The Morgan fingerprint density at radius 2 is 1.84 bits per heavy atom. The minimum atomic E-state index is 0.564. The van der Waals surface area contributed by atoms with Crippen LogP contribution >= 0.6 is 23.2 Å². The van der Waals surface area contributed by atoms with Crippen molar-refractivity contribution >= 4 is 23.2 Å². The van der Waals surface area contributed by atoms with E-state index in [0.717, 1.165) is 38.1 Å². The third-order valence-electron chi connectivity index (χ3n) is 2.54. The fourth-order valence-electron chi connectivity index (χ4n) is 1.63. The zero-order valence-electron chi connectivity index (χ0n) is 11.5. The number of hydrogen-bond acceptors (Lipinski definition) is 3. The Balaban J connectivity index is 2.52. The molecule has 1 rings (SSSR count). The standard InChI is InChI=1S/C14H21Cl2NO2/c1-3-6-19-14-12(15)8-11(9-13(14)16)10-17-5-4-7-18-2/h8-9,17H,3-7,10H2,1-2H3. The third kappa shape index (κ3) is 6.00. The Morgan fingerprint density at radius 3 is 2.42 bits per heavy atom. The lowest BCUT2D eigenvalue weighted by atomic mass is 10.2. The fraction of sp³-hybridized carbons (Fsp3) is 0.571. The first-order valence-corrected chi connectivity index (χ1v) is 7.25. The molecule has 0 aliphatic carbocycles.